The van der Waals surface area contributed by atoms with Crippen LogP contribution in [0.4, 0.5) is 16.2 Å². The first-order valence-electron chi connectivity index (χ1n) is 6.39. The van der Waals surface area contributed by atoms with Gasteiger partial charge in [0, 0.05) is 17.4 Å². The lowest BCUT2D eigenvalue weighted by Crippen LogP contribution is -2.15. The van der Waals surface area contributed by atoms with Crippen molar-refractivity contribution in [2.75, 3.05) is 17.7 Å². The third kappa shape index (κ3) is 3.95. The Labute approximate surface area is 108 Å². The molecule has 1 amide bonds. The first-order valence-corrected chi connectivity index (χ1v) is 6.39. The van der Waals surface area contributed by atoms with Crippen LogP contribution in [0.15, 0.2) is 24.3 Å². The summed E-state index contributed by atoms with van der Waals surface area (Å²) in [5.74, 6) is 0.924. The third-order valence-electron chi connectivity index (χ3n) is 3.11. The van der Waals surface area contributed by atoms with Gasteiger partial charge in [0.05, 0.1) is 7.11 Å². The zero-order valence-electron chi connectivity index (χ0n) is 10.9. The standard InChI is InChI=1S/C14H20N2O2/c1-10(9-11-3-4-11)15-12-5-7-13(8-6-12)16-14(17)18-2/h5-8,10-11,15H,3-4,9H2,1-2H3,(H,16,17). The Morgan fingerprint density at radius 3 is 2.50 bits per heavy atom. The SMILES string of the molecule is COC(=O)Nc1ccc(NC(C)CC2CC2)cc1. The molecule has 1 aromatic rings. The van der Waals surface area contributed by atoms with Gasteiger partial charge in [-0.2, -0.15) is 0 Å². The summed E-state index contributed by atoms with van der Waals surface area (Å²) in [7, 11) is 1.35. The van der Waals surface area contributed by atoms with Crippen molar-refractivity contribution in [3.63, 3.8) is 0 Å². The van der Waals surface area contributed by atoms with Crippen molar-refractivity contribution in [3.05, 3.63) is 24.3 Å². The van der Waals surface area contributed by atoms with E-state index >= 15 is 0 Å². The number of ether oxygens (including phenoxy) is 1. The molecule has 0 heterocycles. The summed E-state index contributed by atoms with van der Waals surface area (Å²) in [6.07, 6.45) is 3.56. The third-order valence-corrected chi connectivity index (χ3v) is 3.11. The Morgan fingerprint density at radius 1 is 1.33 bits per heavy atom. The highest BCUT2D eigenvalue weighted by atomic mass is 16.5. The first-order chi connectivity index (χ1) is 8.67. The minimum absolute atomic E-state index is 0.446. The fourth-order valence-electron chi connectivity index (χ4n) is 2.02. The fraction of sp³-hybridized carbons (Fsp3) is 0.500. The van der Waals surface area contributed by atoms with E-state index in [-0.39, 0.29) is 0 Å². The van der Waals surface area contributed by atoms with E-state index in [9.17, 15) is 4.79 Å². The Hall–Kier alpha value is -1.71. The molecule has 0 saturated heterocycles. The van der Waals surface area contributed by atoms with Crippen LogP contribution < -0.4 is 10.6 Å². The zero-order valence-corrected chi connectivity index (χ0v) is 10.9. The van der Waals surface area contributed by atoms with Gasteiger partial charge in [-0.1, -0.05) is 12.8 Å². The topological polar surface area (TPSA) is 50.4 Å². The summed E-state index contributed by atoms with van der Waals surface area (Å²) in [6.45, 7) is 2.21. The van der Waals surface area contributed by atoms with E-state index in [4.69, 9.17) is 0 Å². The van der Waals surface area contributed by atoms with Gasteiger partial charge < -0.3 is 10.1 Å². The quantitative estimate of drug-likeness (QED) is 0.839. The van der Waals surface area contributed by atoms with Gasteiger partial charge in [0.2, 0.25) is 0 Å². The fourth-order valence-corrected chi connectivity index (χ4v) is 2.02. The van der Waals surface area contributed by atoms with Crippen molar-refractivity contribution < 1.29 is 9.53 Å². The maximum absolute atomic E-state index is 11.0. The van der Waals surface area contributed by atoms with Crippen LogP contribution in [0.5, 0.6) is 0 Å². The van der Waals surface area contributed by atoms with Crippen LogP contribution in [0.1, 0.15) is 26.2 Å². The number of methoxy groups -OCH3 is 1. The van der Waals surface area contributed by atoms with Gasteiger partial charge in [-0.15, -0.1) is 0 Å². The van der Waals surface area contributed by atoms with Crippen molar-refractivity contribution >= 4 is 17.5 Å². The van der Waals surface area contributed by atoms with E-state index in [1.807, 2.05) is 24.3 Å². The molecule has 1 fully saturated rings. The second-order valence-electron chi connectivity index (χ2n) is 4.92. The van der Waals surface area contributed by atoms with E-state index in [2.05, 4.69) is 22.3 Å². The van der Waals surface area contributed by atoms with Crippen LogP contribution in [0.3, 0.4) is 0 Å². The summed E-state index contributed by atoms with van der Waals surface area (Å²) in [5.41, 5.74) is 1.82. The Bertz CT molecular complexity index is 399. The highest BCUT2D eigenvalue weighted by Crippen LogP contribution is 2.34. The van der Waals surface area contributed by atoms with Crippen LogP contribution in [-0.2, 0) is 4.74 Å². The number of carbonyl (C=O) groups excluding carboxylic acids is 1. The lowest BCUT2D eigenvalue weighted by molar-refractivity contribution is 0.187. The van der Waals surface area contributed by atoms with Crippen LogP contribution >= 0.6 is 0 Å². The molecule has 4 nitrogen and oxygen atoms in total. The molecule has 2 rings (SSSR count). The maximum atomic E-state index is 11.0. The molecule has 0 spiro atoms. The van der Waals surface area contributed by atoms with E-state index in [1.165, 1.54) is 26.4 Å². The predicted octanol–water partition coefficient (Wildman–Crippen LogP) is 3.47. The Morgan fingerprint density at radius 2 is 1.94 bits per heavy atom. The molecule has 1 aromatic carbocycles. The highest BCUT2D eigenvalue weighted by Gasteiger charge is 2.23. The lowest BCUT2D eigenvalue weighted by atomic mass is 10.1. The number of carbonyl (C=O) groups is 1. The van der Waals surface area contributed by atoms with Crippen molar-refractivity contribution in [2.45, 2.75) is 32.2 Å². The van der Waals surface area contributed by atoms with Crippen molar-refractivity contribution in [1.82, 2.24) is 0 Å². The van der Waals surface area contributed by atoms with E-state index in [1.54, 1.807) is 0 Å². The molecule has 0 aliphatic heterocycles. The second kappa shape index (κ2) is 5.76. The summed E-state index contributed by atoms with van der Waals surface area (Å²) < 4.78 is 4.53. The minimum atomic E-state index is -0.446. The first kappa shape index (κ1) is 12.7. The average molecular weight is 248 g/mol. The molecule has 4 heteroatoms. The van der Waals surface area contributed by atoms with Crippen molar-refractivity contribution in [1.29, 1.82) is 0 Å². The molecule has 1 atom stereocenters. The van der Waals surface area contributed by atoms with Crippen LogP contribution in [0.25, 0.3) is 0 Å². The van der Waals surface area contributed by atoms with E-state index in [0.717, 1.165) is 17.3 Å². The highest BCUT2D eigenvalue weighted by molar-refractivity contribution is 5.84. The lowest BCUT2D eigenvalue weighted by Gasteiger charge is -2.15. The van der Waals surface area contributed by atoms with Gasteiger partial charge in [0.1, 0.15) is 0 Å². The van der Waals surface area contributed by atoms with Crippen molar-refractivity contribution in [3.8, 4) is 0 Å². The molecule has 18 heavy (non-hydrogen) atoms. The second-order valence-corrected chi connectivity index (χ2v) is 4.92. The molecule has 0 radical (unpaired) electrons. The van der Waals surface area contributed by atoms with Gasteiger partial charge in [0.25, 0.3) is 0 Å². The Balaban J connectivity index is 1.84. The number of hydrogen-bond donors (Lipinski definition) is 2. The molecule has 1 aliphatic carbocycles. The molecule has 1 aliphatic rings. The average Bonchev–Trinajstić information content (AvgIpc) is 3.15. The number of hydrogen-bond acceptors (Lipinski definition) is 3. The van der Waals surface area contributed by atoms with Gasteiger partial charge in [-0.3, -0.25) is 5.32 Å². The van der Waals surface area contributed by atoms with Gasteiger partial charge in [0.15, 0.2) is 0 Å². The molecule has 98 valence electrons. The minimum Gasteiger partial charge on any atom is -0.453 e. The van der Waals surface area contributed by atoms with Crippen LogP contribution in [0, 0.1) is 5.92 Å². The maximum Gasteiger partial charge on any atom is 0.411 e. The molecule has 0 aromatic heterocycles. The summed E-state index contributed by atoms with van der Waals surface area (Å²) in [6, 6.07) is 8.16. The van der Waals surface area contributed by atoms with E-state index < -0.39 is 6.09 Å². The largest absolute Gasteiger partial charge is 0.453 e. The molecule has 1 saturated carbocycles. The van der Waals surface area contributed by atoms with Crippen LogP contribution in [-0.4, -0.2) is 19.2 Å². The van der Waals surface area contributed by atoms with Gasteiger partial charge >= 0.3 is 6.09 Å². The molecule has 2 N–H and O–H groups in total. The van der Waals surface area contributed by atoms with Crippen molar-refractivity contribution in [2.24, 2.45) is 5.92 Å². The smallest absolute Gasteiger partial charge is 0.411 e. The molecule has 0 bridgehead atoms. The monoisotopic (exact) mass is 248 g/mol. The number of nitrogens with one attached hydrogen (secondary N) is 2. The Kier molecular flexibility index (Phi) is 4.07. The van der Waals surface area contributed by atoms with E-state index in [0.29, 0.717) is 6.04 Å². The molecular weight excluding hydrogens is 228 g/mol. The summed E-state index contributed by atoms with van der Waals surface area (Å²) in [4.78, 5) is 11.0. The molecule has 1 unspecified atom stereocenters. The normalized spacial score (nSPS) is 15.9. The number of benzene rings is 1. The summed E-state index contributed by atoms with van der Waals surface area (Å²) in [5, 5.41) is 6.09. The number of rotatable bonds is 5. The molecular formula is C14H20N2O2. The van der Waals surface area contributed by atoms with Gasteiger partial charge in [-0.05, 0) is 43.5 Å². The van der Waals surface area contributed by atoms with Crippen LogP contribution in [0.2, 0.25) is 0 Å². The number of amides is 1. The number of anilines is 2. The zero-order chi connectivity index (χ0) is 13.0. The summed E-state index contributed by atoms with van der Waals surface area (Å²) >= 11 is 0. The predicted molar refractivity (Wildman–Crippen MR) is 72.9 cm³/mol. The van der Waals surface area contributed by atoms with Gasteiger partial charge in [-0.25, -0.2) is 4.79 Å².